The van der Waals surface area contributed by atoms with Gasteiger partial charge in [0.15, 0.2) is 0 Å². The summed E-state index contributed by atoms with van der Waals surface area (Å²) in [6.45, 7) is 0.274. The van der Waals surface area contributed by atoms with Crippen LogP contribution in [0.1, 0.15) is 27.2 Å². The average molecular weight is 440 g/mol. The zero-order chi connectivity index (χ0) is 21.0. The summed E-state index contributed by atoms with van der Waals surface area (Å²) in [5, 5.41) is 13.9. The predicted octanol–water partition coefficient (Wildman–Crippen LogP) is 4.81. The number of hydrogen-bond donors (Lipinski definition) is 2. The van der Waals surface area contributed by atoms with Crippen LogP contribution in [0.15, 0.2) is 46.8 Å². The van der Waals surface area contributed by atoms with Crippen LogP contribution in [0.5, 0.6) is 0 Å². The first-order chi connectivity index (χ1) is 13.7. The minimum Gasteiger partial charge on any atom is -0.481 e. The van der Waals surface area contributed by atoms with E-state index in [0.29, 0.717) is 5.52 Å². The van der Waals surface area contributed by atoms with Crippen molar-refractivity contribution in [3.63, 3.8) is 0 Å². The van der Waals surface area contributed by atoms with Crippen molar-refractivity contribution in [3.8, 4) is 0 Å². The normalized spacial score (nSPS) is 11.6. The third kappa shape index (κ3) is 5.48. The SMILES string of the molecule is O=C(O)CCSc1nc2ccc(C(F)(F)F)cc2cc1C(=O)NCc1cccs1. The van der Waals surface area contributed by atoms with Gasteiger partial charge in [0.2, 0.25) is 0 Å². The van der Waals surface area contributed by atoms with Crippen LogP contribution in [0.2, 0.25) is 0 Å². The average Bonchev–Trinajstić information content (AvgIpc) is 3.17. The number of hydrogen-bond acceptors (Lipinski definition) is 5. The van der Waals surface area contributed by atoms with Crippen molar-refractivity contribution in [3.05, 3.63) is 57.8 Å². The van der Waals surface area contributed by atoms with Gasteiger partial charge in [-0.05, 0) is 35.7 Å². The molecule has 3 aromatic rings. The van der Waals surface area contributed by atoms with Gasteiger partial charge in [0, 0.05) is 16.0 Å². The second-order valence-corrected chi connectivity index (χ2v) is 8.12. The number of pyridine rings is 1. The van der Waals surface area contributed by atoms with Crippen LogP contribution >= 0.6 is 23.1 Å². The summed E-state index contributed by atoms with van der Waals surface area (Å²) < 4.78 is 39.0. The lowest BCUT2D eigenvalue weighted by molar-refractivity contribution is -0.138. The van der Waals surface area contributed by atoms with E-state index in [2.05, 4.69) is 10.3 Å². The van der Waals surface area contributed by atoms with Crippen LogP contribution in [0.4, 0.5) is 13.2 Å². The molecule has 0 fully saturated rings. The summed E-state index contributed by atoms with van der Waals surface area (Å²) in [6.07, 6.45) is -4.64. The number of nitrogens with zero attached hydrogens (tertiary/aromatic N) is 1. The molecule has 0 aliphatic rings. The van der Waals surface area contributed by atoms with Crippen LogP contribution in [0.25, 0.3) is 10.9 Å². The Morgan fingerprint density at radius 2 is 2.00 bits per heavy atom. The molecule has 5 nitrogen and oxygen atoms in total. The standard InChI is InChI=1S/C19H15F3N2O3S2/c20-19(21,22)12-3-4-15-11(8-12)9-14(18(24-15)29-7-5-16(25)26)17(27)23-10-13-2-1-6-28-13/h1-4,6,8-9H,5,7,10H2,(H,23,27)(H,25,26). The van der Waals surface area contributed by atoms with E-state index >= 15 is 0 Å². The third-order valence-corrected chi connectivity index (χ3v) is 5.78. The summed E-state index contributed by atoms with van der Waals surface area (Å²) >= 11 is 2.54. The van der Waals surface area contributed by atoms with Crippen LogP contribution in [-0.2, 0) is 17.5 Å². The molecule has 1 amide bonds. The van der Waals surface area contributed by atoms with Gasteiger partial charge in [-0.1, -0.05) is 6.07 Å². The number of carboxylic acid groups (broad SMARTS) is 1. The Labute approximate surface area is 172 Å². The molecule has 0 aliphatic carbocycles. The van der Waals surface area contributed by atoms with Crippen molar-refractivity contribution in [1.29, 1.82) is 0 Å². The van der Waals surface area contributed by atoms with Crippen molar-refractivity contribution in [2.24, 2.45) is 0 Å². The van der Waals surface area contributed by atoms with Gasteiger partial charge in [0.1, 0.15) is 5.03 Å². The zero-order valence-electron chi connectivity index (χ0n) is 14.8. The summed E-state index contributed by atoms with van der Waals surface area (Å²) in [5.41, 5.74) is -0.419. The maximum Gasteiger partial charge on any atom is 0.416 e. The Kier molecular flexibility index (Phi) is 6.43. The molecule has 152 valence electrons. The number of carbonyl (C=O) groups excluding carboxylic acids is 1. The molecule has 0 radical (unpaired) electrons. The Morgan fingerprint density at radius 1 is 1.21 bits per heavy atom. The highest BCUT2D eigenvalue weighted by Crippen LogP contribution is 2.33. The van der Waals surface area contributed by atoms with Crippen LogP contribution in [0.3, 0.4) is 0 Å². The Bertz CT molecular complexity index is 1040. The van der Waals surface area contributed by atoms with Crippen molar-refractivity contribution in [2.75, 3.05) is 5.75 Å². The number of thioether (sulfide) groups is 1. The van der Waals surface area contributed by atoms with Gasteiger partial charge in [0.05, 0.1) is 29.6 Å². The molecule has 1 aromatic carbocycles. The molecule has 3 rings (SSSR count). The molecule has 0 spiro atoms. The molecule has 0 saturated heterocycles. The maximum atomic E-state index is 13.0. The molecule has 2 heterocycles. The Balaban J connectivity index is 1.94. The number of carbonyl (C=O) groups is 2. The first kappa shape index (κ1) is 21.1. The fraction of sp³-hybridized carbons (Fsp3) is 0.211. The lowest BCUT2D eigenvalue weighted by Gasteiger charge is -2.12. The fourth-order valence-electron chi connectivity index (χ4n) is 2.52. The van der Waals surface area contributed by atoms with Gasteiger partial charge in [-0.2, -0.15) is 13.2 Å². The maximum absolute atomic E-state index is 13.0. The van der Waals surface area contributed by atoms with E-state index in [1.54, 1.807) is 0 Å². The van der Waals surface area contributed by atoms with E-state index in [1.165, 1.54) is 23.5 Å². The van der Waals surface area contributed by atoms with Gasteiger partial charge in [-0.25, -0.2) is 4.98 Å². The molecule has 29 heavy (non-hydrogen) atoms. The minimum absolute atomic E-state index is 0.115. The van der Waals surface area contributed by atoms with E-state index in [9.17, 15) is 22.8 Å². The number of aromatic nitrogens is 1. The quantitative estimate of drug-likeness (QED) is 0.516. The van der Waals surface area contributed by atoms with Gasteiger partial charge in [-0.15, -0.1) is 23.1 Å². The molecule has 10 heteroatoms. The molecule has 0 aliphatic heterocycles. The van der Waals surface area contributed by atoms with Gasteiger partial charge < -0.3 is 10.4 Å². The number of aliphatic carboxylic acids is 1. The molecule has 2 aromatic heterocycles. The molecule has 0 unspecified atom stereocenters. The number of fused-ring (bicyclic) bond motifs is 1. The summed E-state index contributed by atoms with van der Waals surface area (Å²) in [4.78, 5) is 28.7. The van der Waals surface area contributed by atoms with Crippen LogP contribution in [0, 0.1) is 0 Å². The summed E-state index contributed by atoms with van der Waals surface area (Å²) in [6, 6.07) is 8.18. The number of nitrogens with one attached hydrogen (secondary N) is 1. The van der Waals surface area contributed by atoms with E-state index < -0.39 is 23.6 Å². The predicted molar refractivity (Wildman–Crippen MR) is 105 cm³/mol. The smallest absolute Gasteiger partial charge is 0.416 e. The molecule has 2 N–H and O–H groups in total. The van der Waals surface area contributed by atoms with Gasteiger partial charge >= 0.3 is 12.1 Å². The lowest BCUT2D eigenvalue weighted by Crippen LogP contribution is -2.23. The van der Waals surface area contributed by atoms with Crippen LogP contribution in [-0.4, -0.2) is 27.7 Å². The topological polar surface area (TPSA) is 79.3 Å². The Hall–Kier alpha value is -2.59. The van der Waals surface area contributed by atoms with Crippen LogP contribution < -0.4 is 5.32 Å². The number of carboxylic acids is 1. The first-order valence-corrected chi connectivity index (χ1v) is 10.3. The van der Waals surface area contributed by atoms with Crippen molar-refractivity contribution >= 4 is 45.9 Å². The van der Waals surface area contributed by atoms with Gasteiger partial charge in [0.25, 0.3) is 5.91 Å². The van der Waals surface area contributed by atoms with E-state index in [-0.39, 0.29) is 34.7 Å². The zero-order valence-corrected chi connectivity index (χ0v) is 16.5. The van der Waals surface area contributed by atoms with Crippen molar-refractivity contribution in [1.82, 2.24) is 10.3 Å². The molecular formula is C19H15F3N2O3S2. The molecule has 0 bridgehead atoms. The summed E-state index contributed by atoms with van der Waals surface area (Å²) in [5.74, 6) is -1.29. The van der Waals surface area contributed by atoms with Gasteiger partial charge in [-0.3, -0.25) is 9.59 Å². The molecule has 0 saturated carbocycles. The fourth-order valence-corrected chi connectivity index (χ4v) is 4.10. The number of rotatable bonds is 7. The van der Waals surface area contributed by atoms with Crippen molar-refractivity contribution < 1.29 is 27.9 Å². The number of amides is 1. The monoisotopic (exact) mass is 440 g/mol. The highest BCUT2D eigenvalue weighted by Gasteiger charge is 2.30. The van der Waals surface area contributed by atoms with E-state index in [0.717, 1.165) is 28.8 Å². The number of alkyl halides is 3. The summed E-state index contributed by atoms with van der Waals surface area (Å²) in [7, 11) is 0. The second-order valence-electron chi connectivity index (χ2n) is 6.00. The lowest BCUT2D eigenvalue weighted by atomic mass is 10.1. The number of benzene rings is 1. The molecular weight excluding hydrogens is 425 g/mol. The third-order valence-electron chi connectivity index (χ3n) is 3.91. The van der Waals surface area contributed by atoms with Crippen molar-refractivity contribution in [2.45, 2.75) is 24.2 Å². The number of halogens is 3. The number of thiophene rings is 1. The first-order valence-electron chi connectivity index (χ1n) is 8.41. The molecule has 0 atom stereocenters. The Morgan fingerprint density at radius 3 is 2.66 bits per heavy atom. The van der Waals surface area contributed by atoms with E-state index in [1.807, 2.05) is 17.5 Å². The highest BCUT2D eigenvalue weighted by atomic mass is 32.2. The largest absolute Gasteiger partial charge is 0.481 e. The van der Waals surface area contributed by atoms with E-state index in [4.69, 9.17) is 5.11 Å². The second kappa shape index (κ2) is 8.83. The minimum atomic E-state index is -4.51. The highest BCUT2D eigenvalue weighted by molar-refractivity contribution is 7.99.